The van der Waals surface area contributed by atoms with E-state index < -0.39 is 14.5 Å². The molecule has 0 unspecified atom stereocenters. The zero-order valence-corrected chi connectivity index (χ0v) is 18.9. The number of hydrogen-bond donors (Lipinski definition) is 0. The molecule has 12 heteroatoms. The van der Waals surface area contributed by atoms with Crippen molar-refractivity contribution >= 4 is 14.5 Å². The van der Waals surface area contributed by atoms with Crippen LogP contribution in [-0.4, -0.2) is 14.5 Å². The van der Waals surface area contributed by atoms with Gasteiger partial charge in [0.25, 0.3) is 0 Å². The Balaban J connectivity index is 0.000000389. The largest absolute Gasteiger partial charge is 0.673 e. The first-order chi connectivity index (χ1) is 16.9. The van der Waals surface area contributed by atoms with Crippen LogP contribution in [0.5, 0.6) is 0 Å². The van der Waals surface area contributed by atoms with Gasteiger partial charge in [-0.3, -0.25) is 0 Å². The van der Waals surface area contributed by atoms with E-state index in [2.05, 4.69) is 107 Å². The normalized spacial score (nSPS) is 11.0. The van der Waals surface area contributed by atoms with Crippen LogP contribution in [0.1, 0.15) is 0 Å². The van der Waals surface area contributed by atoms with Crippen LogP contribution in [0.25, 0.3) is 22.3 Å². The summed E-state index contributed by atoms with van der Waals surface area (Å²) in [6.45, 7) is 1.90. The second-order valence-corrected chi connectivity index (χ2v) is 7.37. The molecule has 0 amide bonds. The SMILES string of the molecule is F[B-](F)(F)F.F[B-](F)(F)F.c1ccc(-c2cc[n+](CC[n+]3ccc(-c4ccccc4)cc3)cc2)cc1. The van der Waals surface area contributed by atoms with Crippen molar-refractivity contribution in [3.8, 4) is 22.3 Å². The molecule has 0 saturated heterocycles. The predicted octanol–water partition coefficient (Wildman–Crippen LogP) is 6.90. The van der Waals surface area contributed by atoms with Crippen LogP contribution >= 0.6 is 0 Å². The Morgan fingerprint density at radius 1 is 0.389 bits per heavy atom. The smallest absolute Gasteiger partial charge is 0.418 e. The van der Waals surface area contributed by atoms with Gasteiger partial charge in [0.05, 0.1) is 0 Å². The maximum atomic E-state index is 9.75. The molecule has 0 aliphatic heterocycles. The molecular formula is C24H22B2F8N2. The van der Waals surface area contributed by atoms with E-state index in [9.17, 15) is 34.5 Å². The zero-order valence-electron chi connectivity index (χ0n) is 18.9. The van der Waals surface area contributed by atoms with Crippen LogP contribution in [-0.2, 0) is 13.1 Å². The van der Waals surface area contributed by atoms with Crippen molar-refractivity contribution in [2.45, 2.75) is 13.1 Å². The molecule has 0 spiro atoms. The number of nitrogens with zero attached hydrogens (tertiary/aromatic N) is 2. The molecule has 2 heterocycles. The van der Waals surface area contributed by atoms with E-state index in [1.54, 1.807) is 0 Å². The van der Waals surface area contributed by atoms with Crippen molar-refractivity contribution in [3.63, 3.8) is 0 Å². The van der Waals surface area contributed by atoms with Gasteiger partial charge in [-0.25, -0.2) is 0 Å². The summed E-state index contributed by atoms with van der Waals surface area (Å²) in [7, 11) is -12.0. The third kappa shape index (κ3) is 12.7. The first-order valence-electron chi connectivity index (χ1n) is 10.7. The van der Waals surface area contributed by atoms with Gasteiger partial charge in [-0.15, -0.1) is 0 Å². The van der Waals surface area contributed by atoms with Crippen LogP contribution in [0.3, 0.4) is 0 Å². The summed E-state index contributed by atoms with van der Waals surface area (Å²) in [5.74, 6) is 0. The average Bonchev–Trinajstić information content (AvgIpc) is 2.82. The number of hydrogen-bond acceptors (Lipinski definition) is 0. The molecule has 0 saturated carbocycles. The topological polar surface area (TPSA) is 7.76 Å². The number of aromatic nitrogens is 2. The summed E-state index contributed by atoms with van der Waals surface area (Å²) in [4.78, 5) is 0. The standard InChI is InChI=1S/C24H22N2.2BF4/c1-3-7-21(8-4-1)23-11-15-25(16-12-23)19-20-26-17-13-24(14-18-26)22-9-5-2-6-10-22;2*2-1(3,4)5/h1-18H,19-20H2;;/q+2;2*-1. The van der Waals surface area contributed by atoms with Crippen molar-refractivity contribution in [3.05, 3.63) is 110 Å². The second-order valence-electron chi connectivity index (χ2n) is 7.37. The minimum absolute atomic E-state index is 0.949. The van der Waals surface area contributed by atoms with E-state index in [-0.39, 0.29) is 0 Å². The van der Waals surface area contributed by atoms with Crippen LogP contribution in [0.2, 0.25) is 0 Å². The average molecular weight is 512 g/mol. The van der Waals surface area contributed by atoms with Crippen LogP contribution in [0, 0.1) is 0 Å². The van der Waals surface area contributed by atoms with Gasteiger partial charge in [0.15, 0.2) is 24.8 Å². The minimum atomic E-state index is -6.00. The van der Waals surface area contributed by atoms with Gasteiger partial charge in [0.2, 0.25) is 13.1 Å². The molecule has 0 aliphatic carbocycles. The summed E-state index contributed by atoms with van der Waals surface area (Å²) in [6.07, 6.45) is 8.62. The Morgan fingerprint density at radius 3 is 0.861 bits per heavy atom. The Labute approximate surface area is 203 Å². The van der Waals surface area contributed by atoms with Crippen LogP contribution < -0.4 is 9.13 Å². The zero-order chi connectivity index (χ0) is 26.6. The molecule has 4 rings (SSSR count). The molecule has 190 valence electrons. The molecule has 2 aromatic heterocycles. The highest BCUT2D eigenvalue weighted by Crippen LogP contribution is 2.17. The van der Waals surface area contributed by atoms with Crippen molar-refractivity contribution < 1.29 is 43.7 Å². The van der Waals surface area contributed by atoms with E-state index in [4.69, 9.17) is 0 Å². The molecule has 0 N–H and O–H groups in total. The number of aryl methyl sites for hydroxylation is 2. The minimum Gasteiger partial charge on any atom is -0.418 e. The predicted molar refractivity (Wildman–Crippen MR) is 125 cm³/mol. The van der Waals surface area contributed by atoms with Crippen molar-refractivity contribution in [1.82, 2.24) is 0 Å². The first-order valence-corrected chi connectivity index (χ1v) is 10.7. The number of pyridine rings is 2. The Kier molecular flexibility index (Phi) is 10.6. The lowest BCUT2D eigenvalue weighted by atomic mass is 10.1. The quantitative estimate of drug-likeness (QED) is 0.156. The fourth-order valence-corrected chi connectivity index (χ4v) is 3.09. The summed E-state index contributed by atoms with van der Waals surface area (Å²) in [6, 6.07) is 29.7. The summed E-state index contributed by atoms with van der Waals surface area (Å²) in [5.41, 5.74) is 5.01. The van der Waals surface area contributed by atoms with E-state index in [0.29, 0.717) is 0 Å². The molecular weight excluding hydrogens is 490 g/mol. The number of rotatable bonds is 5. The van der Waals surface area contributed by atoms with E-state index in [1.165, 1.54) is 22.3 Å². The van der Waals surface area contributed by atoms with Crippen molar-refractivity contribution in [2.75, 3.05) is 0 Å². The number of halogens is 8. The molecule has 2 nitrogen and oxygen atoms in total. The lowest BCUT2D eigenvalue weighted by molar-refractivity contribution is -0.778. The molecule has 0 atom stereocenters. The van der Waals surface area contributed by atoms with Crippen molar-refractivity contribution in [1.29, 1.82) is 0 Å². The Bertz CT molecular complexity index is 1050. The van der Waals surface area contributed by atoms with Gasteiger partial charge in [0, 0.05) is 24.3 Å². The highest BCUT2D eigenvalue weighted by Gasteiger charge is 2.21. The molecule has 4 aromatic rings. The molecule has 0 bridgehead atoms. The molecule has 0 fully saturated rings. The van der Waals surface area contributed by atoms with Crippen LogP contribution in [0.15, 0.2) is 110 Å². The number of benzene rings is 2. The summed E-state index contributed by atoms with van der Waals surface area (Å²) >= 11 is 0. The molecule has 0 aliphatic rings. The van der Waals surface area contributed by atoms with Gasteiger partial charge < -0.3 is 34.5 Å². The summed E-state index contributed by atoms with van der Waals surface area (Å²) < 4.78 is 82.5. The lowest BCUT2D eigenvalue weighted by Crippen LogP contribution is -2.43. The van der Waals surface area contributed by atoms with Crippen LogP contribution in [0.4, 0.5) is 34.5 Å². The fraction of sp³-hybridized carbons (Fsp3) is 0.0833. The fourth-order valence-electron chi connectivity index (χ4n) is 3.09. The monoisotopic (exact) mass is 512 g/mol. The molecule has 2 aromatic carbocycles. The highest BCUT2D eigenvalue weighted by molar-refractivity contribution is 6.50. The maximum Gasteiger partial charge on any atom is 0.673 e. The van der Waals surface area contributed by atoms with E-state index >= 15 is 0 Å². The third-order valence-electron chi connectivity index (χ3n) is 4.61. The van der Waals surface area contributed by atoms with E-state index in [0.717, 1.165) is 13.1 Å². The molecule has 0 radical (unpaired) electrons. The Morgan fingerprint density at radius 2 is 0.611 bits per heavy atom. The first kappa shape index (κ1) is 28.5. The second kappa shape index (κ2) is 13.4. The third-order valence-corrected chi connectivity index (χ3v) is 4.61. The lowest BCUT2D eigenvalue weighted by Gasteiger charge is -2.01. The van der Waals surface area contributed by atoms with Crippen molar-refractivity contribution in [2.24, 2.45) is 0 Å². The van der Waals surface area contributed by atoms with Gasteiger partial charge >= 0.3 is 14.5 Å². The van der Waals surface area contributed by atoms with Gasteiger partial charge in [-0.2, -0.15) is 9.13 Å². The summed E-state index contributed by atoms with van der Waals surface area (Å²) in [5, 5.41) is 0. The molecule has 36 heavy (non-hydrogen) atoms. The highest BCUT2D eigenvalue weighted by atomic mass is 19.5. The maximum absolute atomic E-state index is 9.75. The van der Waals surface area contributed by atoms with Gasteiger partial charge in [-0.05, 0) is 22.3 Å². The Hall–Kier alpha value is -3.69. The van der Waals surface area contributed by atoms with Gasteiger partial charge in [-0.1, -0.05) is 60.7 Å². The van der Waals surface area contributed by atoms with E-state index in [1.807, 2.05) is 12.1 Å². The van der Waals surface area contributed by atoms with Gasteiger partial charge in [0.1, 0.15) is 0 Å².